The summed E-state index contributed by atoms with van der Waals surface area (Å²) in [5, 5.41) is 23.2. The Balaban J connectivity index is 0.864. The van der Waals surface area contributed by atoms with Crippen LogP contribution in [0.15, 0.2) is 121 Å². The molecule has 0 heterocycles. The van der Waals surface area contributed by atoms with Gasteiger partial charge in [0.15, 0.2) is 0 Å². The minimum absolute atomic E-state index is 0.199. The molecule has 8 bridgehead atoms. The Hall–Kier alpha value is -5.88. The van der Waals surface area contributed by atoms with Crippen molar-refractivity contribution in [2.24, 2.45) is 47.3 Å². The lowest BCUT2D eigenvalue weighted by molar-refractivity contribution is -0.00407. The summed E-state index contributed by atoms with van der Waals surface area (Å²) in [6, 6.07) is 42.3. The molecular formula is C57H56N2O4. The number of hydrogen-bond acceptors (Lipinski definition) is 6. The Kier molecular flexibility index (Phi) is 8.40. The molecule has 6 N–H and O–H groups in total. The number of nitrogens with two attached hydrogens (primary N) is 2. The summed E-state index contributed by atoms with van der Waals surface area (Å²) < 4.78 is 13.6. The van der Waals surface area contributed by atoms with Crippen molar-refractivity contribution in [3.63, 3.8) is 0 Å². The van der Waals surface area contributed by atoms with E-state index in [9.17, 15) is 10.2 Å². The SMILES string of the molecule is Nc1ccc(Oc2ccc(C3(c4ccc(Oc5ccc(N)c(O)c5C5C6CC7CC(C6)CC5C7)cc4)c4ccccc4-c4ccccc43)cc2)c(C2C3CC4CC(C3)CC2C4)c1O. The van der Waals surface area contributed by atoms with Crippen LogP contribution < -0.4 is 20.9 Å². The molecule has 318 valence electrons. The smallest absolute Gasteiger partial charge is 0.145 e. The van der Waals surface area contributed by atoms with Crippen molar-refractivity contribution in [2.75, 3.05) is 11.5 Å². The van der Waals surface area contributed by atoms with Crippen molar-refractivity contribution < 1.29 is 19.7 Å². The predicted molar refractivity (Wildman–Crippen MR) is 249 cm³/mol. The van der Waals surface area contributed by atoms with E-state index in [1.165, 1.54) is 86.5 Å². The third kappa shape index (κ3) is 5.68. The first-order chi connectivity index (χ1) is 30.8. The van der Waals surface area contributed by atoms with E-state index < -0.39 is 5.41 Å². The highest BCUT2D eigenvalue weighted by Gasteiger charge is 2.52. The predicted octanol–water partition coefficient (Wildman–Crippen LogP) is 13.3. The first-order valence-electron chi connectivity index (χ1n) is 23.8. The van der Waals surface area contributed by atoms with Gasteiger partial charge in [0.1, 0.15) is 34.5 Å². The van der Waals surface area contributed by atoms with Crippen LogP contribution in [0.3, 0.4) is 0 Å². The van der Waals surface area contributed by atoms with Crippen LogP contribution in [-0.2, 0) is 5.41 Å². The van der Waals surface area contributed by atoms with E-state index >= 15 is 0 Å². The van der Waals surface area contributed by atoms with Crippen LogP contribution in [0, 0.1) is 47.3 Å². The van der Waals surface area contributed by atoms with Crippen molar-refractivity contribution in [1.29, 1.82) is 0 Å². The summed E-state index contributed by atoms with van der Waals surface area (Å²) >= 11 is 0. The van der Waals surface area contributed by atoms with Gasteiger partial charge in [-0.25, -0.2) is 0 Å². The summed E-state index contributed by atoms with van der Waals surface area (Å²) in [7, 11) is 0. The number of anilines is 2. The molecule has 6 nitrogen and oxygen atoms in total. The van der Waals surface area contributed by atoms with Crippen molar-refractivity contribution in [1.82, 2.24) is 0 Å². The van der Waals surface area contributed by atoms with Crippen LogP contribution in [0.5, 0.6) is 34.5 Å². The minimum Gasteiger partial charge on any atom is -0.505 e. The average molecular weight is 833 g/mol. The zero-order valence-corrected chi connectivity index (χ0v) is 35.8. The van der Waals surface area contributed by atoms with Crippen molar-refractivity contribution in [3.8, 4) is 45.6 Å². The van der Waals surface area contributed by atoms with E-state index in [4.69, 9.17) is 20.9 Å². The van der Waals surface area contributed by atoms with Crippen molar-refractivity contribution in [3.05, 3.63) is 155 Å². The van der Waals surface area contributed by atoms with Gasteiger partial charge in [-0.1, -0.05) is 72.8 Å². The maximum absolute atomic E-state index is 11.6. The molecule has 0 saturated heterocycles. The quantitative estimate of drug-likeness (QED) is 0.0896. The minimum atomic E-state index is -0.611. The number of phenols is 2. The fraction of sp³-hybridized carbons (Fsp3) is 0.368. The molecule has 8 saturated carbocycles. The number of aromatic hydroxyl groups is 2. The van der Waals surface area contributed by atoms with Crippen molar-refractivity contribution >= 4 is 11.4 Å². The molecule has 9 aliphatic rings. The molecule has 0 unspecified atom stereocenters. The third-order valence-corrected chi connectivity index (χ3v) is 17.5. The maximum Gasteiger partial charge on any atom is 0.145 e. The van der Waals surface area contributed by atoms with Gasteiger partial charge in [0.05, 0.1) is 16.8 Å². The van der Waals surface area contributed by atoms with Gasteiger partial charge in [-0.15, -0.1) is 0 Å². The molecule has 0 radical (unpaired) electrons. The third-order valence-electron chi connectivity index (χ3n) is 17.5. The summed E-state index contributed by atoms with van der Waals surface area (Å²) in [4.78, 5) is 0. The Morgan fingerprint density at radius 1 is 0.413 bits per heavy atom. The van der Waals surface area contributed by atoms with E-state index in [2.05, 4.69) is 97.1 Å². The molecule has 9 aliphatic carbocycles. The van der Waals surface area contributed by atoms with Crippen molar-refractivity contribution in [2.45, 2.75) is 81.5 Å². The normalized spacial score (nSPS) is 30.0. The number of ether oxygens (including phenoxy) is 2. The molecule has 0 spiro atoms. The highest BCUT2D eigenvalue weighted by Crippen LogP contribution is 2.64. The van der Waals surface area contributed by atoms with E-state index in [1.54, 1.807) is 12.1 Å². The standard InChI is InChI=1S/C57H56N2O4/c58-47-17-19-49(53(55(47)60)51-35-23-31-21-32(25-35)26-36(51)24-31)62-41-13-9-39(10-14-41)57(45-7-3-1-5-43(45)44-6-2-4-8-46(44)57)40-11-15-42(16-12-40)63-50-20-18-48(59)56(61)54(50)52-37-27-33-22-34(29-37)30-38(52)28-33/h1-20,31-38,51-52,60-61H,21-30,58-59H2. The van der Waals surface area contributed by atoms with Crippen LogP contribution in [0.4, 0.5) is 11.4 Å². The number of benzene rings is 6. The first kappa shape index (κ1) is 37.7. The second-order valence-corrected chi connectivity index (χ2v) is 20.8. The fourth-order valence-corrected chi connectivity index (χ4v) is 15.7. The zero-order valence-electron chi connectivity index (χ0n) is 35.8. The maximum atomic E-state index is 11.6. The van der Waals surface area contributed by atoms with E-state index in [1.807, 2.05) is 12.1 Å². The highest BCUT2D eigenvalue weighted by atomic mass is 16.5. The Labute approximate surface area is 370 Å². The topological polar surface area (TPSA) is 111 Å². The van der Waals surface area contributed by atoms with Gasteiger partial charge in [0.2, 0.25) is 0 Å². The molecular weight excluding hydrogens is 777 g/mol. The highest BCUT2D eigenvalue weighted by molar-refractivity contribution is 5.86. The van der Waals surface area contributed by atoms with E-state index in [0.717, 1.165) is 68.9 Å². The van der Waals surface area contributed by atoms with Gasteiger partial charge < -0.3 is 31.2 Å². The van der Waals surface area contributed by atoms with Crippen LogP contribution in [0.2, 0.25) is 0 Å². The van der Waals surface area contributed by atoms with Crippen LogP contribution >= 0.6 is 0 Å². The van der Waals surface area contributed by atoms with Gasteiger partial charge in [-0.2, -0.15) is 0 Å². The van der Waals surface area contributed by atoms with E-state index in [0.29, 0.717) is 35.0 Å². The summed E-state index contributed by atoms with van der Waals surface area (Å²) in [5.41, 5.74) is 22.0. The number of nitrogen functional groups attached to an aromatic ring is 2. The summed E-state index contributed by atoms with van der Waals surface area (Å²) in [5.74, 6) is 9.42. The lowest BCUT2D eigenvalue weighted by atomic mass is 9.50. The van der Waals surface area contributed by atoms with Gasteiger partial charge in [-0.05, 0) is 205 Å². The number of fused-ring (bicyclic) bond motifs is 3. The van der Waals surface area contributed by atoms with E-state index in [-0.39, 0.29) is 23.3 Å². The van der Waals surface area contributed by atoms with Gasteiger partial charge in [0, 0.05) is 11.1 Å². The largest absolute Gasteiger partial charge is 0.505 e. The second-order valence-electron chi connectivity index (χ2n) is 20.8. The second kappa shape index (κ2) is 14.1. The Morgan fingerprint density at radius 2 is 0.762 bits per heavy atom. The van der Waals surface area contributed by atoms with Gasteiger partial charge in [0.25, 0.3) is 0 Å². The monoisotopic (exact) mass is 832 g/mol. The Bertz CT molecular complexity index is 2530. The molecule has 0 atom stereocenters. The molecule has 0 amide bonds. The molecule has 0 aromatic heterocycles. The molecule has 0 aliphatic heterocycles. The van der Waals surface area contributed by atoms with Crippen LogP contribution in [0.25, 0.3) is 11.1 Å². The first-order valence-corrected chi connectivity index (χ1v) is 23.8. The summed E-state index contributed by atoms with van der Waals surface area (Å²) in [6.45, 7) is 0. The molecule has 6 aromatic carbocycles. The average Bonchev–Trinajstić information content (AvgIpc) is 3.59. The lowest BCUT2D eigenvalue weighted by Gasteiger charge is -2.54. The Morgan fingerprint density at radius 3 is 1.13 bits per heavy atom. The number of rotatable bonds is 8. The molecule has 6 heteroatoms. The molecule has 63 heavy (non-hydrogen) atoms. The number of phenolic OH excluding ortho intramolecular Hbond substituents is 2. The van der Waals surface area contributed by atoms with Gasteiger partial charge in [-0.3, -0.25) is 0 Å². The zero-order chi connectivity index (χ0) is 42.1. The molecule has 15 rings (SSSR count). The van der Waals surface area contributed by atoms with Crippen LogP contribution in [0.1, 0.15) is 109 Å². The fourth-order valence-electron chi connectivity index (χ4n) is 15.7. The van der Waals surface area contributed by atoms with Crippen LogP contribution in [-0.4, -0.2) is 10.2 Å². The lowest BCUT2D eigenvalue weighted by Crippen LogP contribution is -2.43. The van der Waals surface area contributed by atoms with Gasteiger partial charge >= 0.3 is 0 Å². The molecule has 6 aromatic rings. The summed E-state index contributed by atoms with van der Waals surface area (Å²) in [6.07, 6.45) is 12.7. The molecule has 8 fully saturated rings. The number of hydrogen-bond donors (Lipinski definition) is 4.